The van der Waals surface area contributed by atoms with Crippen LogP contribution in [-0.4, -0.2) is 11.0 Å². The molecule has 0 aromatic heterocycles. The zero-order valence-electron chi connectivity index (χ0n) is 11.6. The van der Waals surface area contributed by atoms with Crippen molar-refractivity contribution in [3.8, 4) is 0 Å². The summed E-state index contributed by atoms with van der Waals surface area (Å²) < 4.78 is 0. The molecule has 2 aromatic rings. The van der Waals surface area contributed by atoms with E-state index >= 15 is 0 Å². The molecule has 0 saturated carbocycles. The fourth-order valence-electron chi connectivity index (χ4n) is 1.72. The van der Waals surface area contributed by atoms with Crippen LogP contribution in [0.5, 0.6) is 0 Å². The zero-order valence-corrected chi connectivity index (χ0v) is 13.9. The molecule has 0 heterocycles. The maximum Gasteiger partial charge on any atom is 0.271 e. The summed E-state index contributed by atoms with van der Waals surface area (Å²) in [6, 6.07) is 12.2. The Hall–Kier alpha value is -1.82. The Kier molecular flexibility index (Phi) is 5.60. The molecule has 0 aliphatic heterocycles. The van der Waals surface area contributed by atoms with Crippen molar-refractivity contribution in [3.63, 3.8) is 0 Å². The predicted molar refractivity (Wildman–Crippen MR) is 94.5 cm³/mol. The molecule has 3 N–H and O–H groups in total. The van der Waals surface area contributed by atoms with Gasteiger partial charge < -0.3 is 5.32 Å². The van der Waals surface area contributed by atoms with Gasteiger partial charge in [0.15, 0.2) is 5.11 Å². The zero-order chi connectivity index (χ0) is 16.1. The van der Waals surface area contributed by atoms with Gasteiger partial charge in [0, 0.05) is 10.7 Å². The van der Waals surface area contributed by atoms with Crippen LogP contribution in [0.4, 0.5) is 5.69 Å². The SMILES string of the molecule is Cc1c(Cl)cccc1NC(=S)NNC(=O)c1ccccc1Cl. The average molecular weight is 354 g/mol. The number of hydrogen-bond acceptors (Lipinski definition) is 2. The van der Waals surface area contributed by atoms with Gasteiger partial charge in [-0.05, 0) is 49.0 Å². The van der Waals surface area contributed by atoms with E-state index in [0.29, 0.717) is 15.6 Å². The standard InChI is InChI=1S/C15H13Cl2N3OS/c1-9-11(16)7-4-8-13(9)18-15(22)20-19-14(21)10-5-2-3-6-12(10)17/h2-8H,1H3,(H,19,21)(H2,18,20,22). The number of thiocarbonyl (C=S) groups is 1. The van der Waals surface area contributed by atoms with E-state index in [1.165, 1.54) is 0 Å². The van der Waals surface area contributed by atoms with Gasteiger partial charge in [-0.25, -0.2) is 0 Å². The summed E-state index contributed by atoms with van der Waals surface area (Å²) in [5.74, 6) is -0.377. The second kappa shape index (κ2) is 7.45. The fraction of sp³-hybridized carbons (Fsp3) is 0.0667. The Morgan fingerprint density at radius 2 is 1.68 bits per heavy atom. The van der Waals surface area contributed by atoms with E-state index in [-0.39, 0.29) is 11.0 Å². The van der Waals surface area contributed by atoms with Crippen LogP contribution in [0.15, 0.2) is 42.5 Å². The topological polar surface area (TPSA) is 53.2 Å². The van der Waals surface area contributed by atoms with Gasteiger partial charge in [0.25, 0.3) is 5.91 Å². The van der Waals surface area contributed by atoms with Gasteiger partial charge in [-0.1, -0.05) is 41.4 Å². The Morgan fingerprint density at radius 3 is 2.41 bits per heavy atom. The van der Waals surface area contributed by atoms with Crippen LogP contribution < -0.4 is 16.2 Å². The van der Waals surface area contributed by atoms with Crippen molar-refractivity contribution in [2.24, 2.45) is 0 Å². The van der Waals surface area contributed by atoms with E-state index in [1.54, 1.807) is 30.3 Å². The van der Waals surface area contributed by atoms with Gasteiger partial charge in [-0.3, -0.25) is 15.6 Å². The molecule has 22 heavy (non-hydrogen) atoms. The van der Waals surface area contributed by atoms with Gasteiger partial charge in [0.1, 0.15) is 0 Å². The molecule has 0 spiro atoms. The quantitative estimate of drug-likeness (QED) is 0.565. The van der Waals surface area contributed by atoms with Crippen LogP contribution >= 0.6 is 35.4 Å². The summed E-state index contributed by atoms with van der Waals surface area (Å²) in [4.78, 5) is 12.0. The third-order valence-electron chi connectivity index (χ3n) is 2.92. The first-order chi connectivity index (χ1) is 10.5. The number of halogens is 2. The Bertz CT molecular complexity index is 722. The highest BCUT2D eigenvalue weighted by molar-refractivity contribution is 7.80. The lowest BCUT2D eigenvalue weighted by atomic mass is 10.2. The number of carbonyl (C=O) groups is 1. The smallest absolute Gasteiger partial charge is 0.271 e. The third-order valence-corrected chi connectivity index (χ3v) is 3.87. The number of anilines is 1. The number of hydrogen-bond donors (Lipinski definition) is 3. The first-order valence-corrected chi connectivity index (χ1v) is 7.52. The van der Waals surface area contributed by atoms with Gasteiger partial charge in [0.2, 0.25) is 0 Å². The minimum absolute atomic E-state index is 0.241. The van der Waals surface area contributed by atoms with E-state index in [2.05, 4.69) is 16.2 Å². The maximum atomic E-state index is 12.0. The number of carbonyl (C=O) groups excluding carboxylic acids is 1. The van der Waals surface area contributed by atoms with Crippen molar-refractivity contribution in [3.05, 3.63) is 63.6 Å². The van der Waals surface area contributed by atoms with Crippen molar-refractivity contribution in [2.75, 3.05) is 5.32 Å². The van der Waals surface area contributed by atoms with Gasteiger partial charge in [0.05, 0.1) is 10.6 Å². The normalized spacial score (nSPS) is 9.95. The molecule has 0 bridgehead atoms. The highest BCUT2D eigenvalue weighted by Gasteiger charge is 2.10. The molecule has 0 atom stereocenters. The van der Waals surface area contributed by atoms with E-state index in [0.717, 1.165) is 11.3 Å². The second-order valence-electron chi connectivity index (χ2n) is 4.43. The molecule has 2 aromatic carbocycles. The van der Waals surface area contributed by atoms with Gasteiger partial charge in [-0.15, -0.1) is 0 Å². The second-order valence-corrected chi connectivity index (χ2v) is 5.65. The minimum atomic E-state index is -0.377. The van der Waals surface area contributed by atoms with Crippen LogP contribution in [0.2, 0.25) is 10.0 Å². The van der Waals surface area contributed by atoms with Crippen molar-refractivity contribution in [2.45, 2.75) is 6.92 Å². The number of benzene rings is 2. The minimum Gasteiger partial charge on any atom is -0.331 e. The van der Waals surface area contributed by atoms with E-state index < -0.39 is 0 Å². The maximum absolute atomic E-state index is 12.0. The van der Waals surface area contributed by atoms with Gasteiger partial charge >= 0.3 is 0 Å². The van der Waals surface area contributed by atoms with Crippen LogP contribution in [0.1, 0.15) is 15.9 Å². The molecule has 7 heteroatoms. The summed E-state index contributed by atoms with van der Waals surface area (Å²) in [5, 5.41) is 4.20. The molecule has 0 radical (unpaired) electrons. The highest BCUT2D eigenvalue weighted by atomic mass is 35.5. The van der Waals surface area contributed by atoms with Crippen molar-refractivity contribution < 1.29 is 4.79 Å². The molecular weight excluding hydrogens is 341 g/mol. The van der Waals surface area contributed by atoms with Gasteiger partial charge in [-0.2, -0.15) is 0 Å². The van der Waals surface area contributed by atoms with Crippen LogP contribution in [0.25, 0.3) is 0 Å². The fourth-order valence-corrected chi connectivity index (χ4v) is 2.28. The Morgan fingerprint density at radius 1 is 1.00 bits per heavy atom. The molecule has 0 fully saturated rings. The summed E-state index contributed by atoms with van der Waals surface area (Å²) in [7, 11) is 0. The largest absolute Gasteiger partial charge is 0.331 e. The highest BCUT2D eigenvalue weighted by Crippen LogP contribution is 2.22. The summed E-state index contributed by atoms with van der Waals surface area (Å²) in [6.45, 7) is 1.87. The molecule has 2 rings (SSSR count). The summed E-state index contributed by atoms with van der Waals surface area (Å²) in [6.07, 6.45) is 0. The number of rotatable bonds is 2. The van der Waals surface area contributed by atoms with E-state index in [9.17, 15) is 4.79 Å². The number of hydrazine groups is 1. The monoisotopic (exact) mass is 353 g/mol. The summed E-state index contributed by atoms with van der Waals surface area (Å²) in [5.41, 5.74) is 7.09. The lowest BCUT2D eigenvalue weighted by molar-refractivity contribution is 0.0944. The summed E-state index contributed by atoms with van der Waals surface area (Å²) >= 11 is 17.1. The van der Waals surface area contributed by atoms with Crippen molar-refractivity contribution in [1.29, 1.82) is 0 Å². The Balaban J connectivity index is 1.95. The first-order valence-electron chi connectivity index (χ1n) is 6.36. The molecule has 0 unspecified atom stereocenters. The number of amides is 1. The van der Waals surface area contributed by atoms with Crippen molar-refractivity contribution in [1.82, 2.24) is 10.9 Å². The van der Waals surface area contributed by atoms with Crippen LogP contribution in [0, 0.1) is 6.92 Å². The predicted octanol–water partition coefficient (Wildman–Crippen LogP) is 3.93. The molecule has 4 nitrogen and oxygen atoms in total. The van der Waals surface area contributed by atoms with E-state index in [4.69, 9.17) is 35.4 Å². The lowest BCUT2D eigenvalue weighted by Crippen LogP contribution is -2.43. The van der Waals surface area contributed by atoms with Crippen LogP contribution in [0.3, 0.4) is 0 Å². The molecule has 0 saturated heterocycles. The first kappa shape index (κ1) is 16.5. The molecular formula is C15H13Cl2N3OS. The Labute approximate surface area is 143 Å². The van der Waals surface area contributed by atoms with Crippen LogP contribution in [-0.2, 0) is 0 Å². The number of nitrogens with one attached hydrogen (secondary N) is 3. The molecule has 1 amide bonds. The lowest BCUT2D eigenvalue weighted by Gasteiger charge is -2.14. The third kappa shape index (κ3) is 4.10. The molecule has 0 aliphatic carbocycles. The molecule has 0 aliphatic rings. The van der Waals surface area contributed by atoms with Crippen molar-refractivity contribution >= 4 is 52.1 Å². The molecule has 114 valence electrons. The average Bonchev–Trinajstić information content (AvgIpc) is 2.50. The van der Waals surface area contributed by atoms with E-state index in [1.807, 2.05) is 19.1 Å².